The van der Waals surface area contributed by atoms with Crippen molar-refractivity contribution in [1.29, 1.82) is 0 Å². The van der Waals surface area contributed by atoms with E-state index in [1.807, 2.05) is 211 Å². The van der Waals surface area contributed by atoms with E-state index in [9.17, 15) is 55.2 Å². The van der Waals surface area contributed by atoms with Gasteiger partial charge in [-0.3, -0.25) is 58.0 Å². The highest BCUT2D eigenvalue weighted by Crippen LogP contribution is 2.25. The number of amides is 4. The van der Waals surface area contributed by atoms with E-state index in [0.717, 1.165) is 39.1 Å². The Hall–Kier alpha value is -15.9. The zero-order chi connectivity index (χ0) is 99.1. The first kappa shape index (κ1) is 111. The van der Waals surface area contributed by atoms with Crippen LogP contribution in [0.1, 0.15) is 133 Å². The van der Waals surface area contributed by atoms with Crippen molar-refractivity contribution >= 4 is 74.0 Å². The number of esters is 3. The number of rotatable bonds is 29. The quantitative estimate of drug-likeness (QED) is 0.00389. The maximum Gasteiger partial charge on any atom is 0.345 e. The lowest BCUT2D eigenvalue weighted by Gasteiger charge is -2.14. The SMILES string of the molecule is C=CN=C/C=C/C(=O)O/C=C/C=C\C(=C)C.Cc1ccc(OC(=O)c2cccnc2)cc1.Cc1ccc(OCCCS(=O)(=O)O)cc1.Cc1cccc(OC(=O)c2cccnc2)c1.Cc1cccc(OCCCN2C(=O)c3ccccc3C2=O)c1.Cc1cccc(OCCCS(=O)(=O)O)c1.O=C(O)c1ccncc1.O=C1c2ccccc2C(=O)N1CCCO.c1ccccc1.c1ccccc1. The number of hydrogen-bond donors (Lipinski definition) is 4. The van der Waals surface area contributed by atoms with Crippen LogP contribution in [0.2, 0.25) is 0 Å². The Bertz CT molecular complexity index is 5920. The summed E-state index contributed by atoms with van der Waals surface area (Å²) in [6.07, 6.45) is 22.7. The third kappa shape index (κ3) is 47.3. The van der Waals surface area contributed by atoms with E-state index >= 15 is 0 Å². The molecule has 708 valence electrons. The molecule has 4 N–H and O–H groups in total. The molecule has 3 aromatic heterocycles. The van der Waals surface area contributed by atoms with Crippen LogP contribution >= 0.6 is 0 Å². The second kappa shape index (κ2) is 63.3. The maximum absolute atomic E-state index is 12.2. The zero-order valence-electron chi connectivity index (χ0n) is 76.2. The minimum Gasteiger partial charge on any atom is -0.494 e. The summed E-state index contributed by atoms with van der Waals surface area (Å²) in [6.45, 7) is 20.5. The number of benzene rings is 9. The molecule has 0 saturated carbocycles. The molecule has 0 saturated heterocycles. The van der Waals surface area contributed by atoms with Gasteiger partial charge in [0.25, 0.3) is 43.9 Å². The number of ether oxygens (including phenoxy) is 6. The van der Waals surface area contributed by atoms with Gasteiger partial charge in [-0.1, -0.05) is 200 Å². The Morgan fingerprint density at radius 1 is 0.404 bits per heavy atom. The number of aliphatic hydroxyl groups is 1. The van der Waals surface area contributed by atoms with Crippen LogP contribution < -0.4 is 23.7 Å². The highest BCUT2D eigenvalue weighted by molar-refractivity contribution is 7.86. The lowest BCUT2D eigenvalue weighted by molar-refractivity contribution is -0.132. The van der Waals surface area contributed by atoms with Crippen molar-refractivity contribution in [3.63, 3.8) is 0 Å². The molecule has 9 aromatic carbocycles. The standard InChI is InChI=1S/C18H17NO3.2C13H11NO2.C13H15NO2.C11H11NO3.2C10H14O4S.C6H5NO2.2C6H6/c1-13-6-4-7-14(12-13)22-11-5-10-19-17(20)15-8-2-3-9-16(15)18(19)21;1-10-4-2-6-12(8-10)16-13(15)11-5-3-7-14-9-11;1-10-4-6-12(7-5-10)16-13(15)11-3-2-8-14-9-11;1-4-14-10-7-9-13(15)16-11-6-5-8-12(2)3;13-7-3-6-12-10(14)8-4-1-2-5-9(8)11(12)15;1-9-3-5-10(6-4-9)14-7-2-8-15(11,12)13;1-9-4-2-5-10(8-9)14-6-3-7-15(11,12)13;8-6(9)5-1-3-7-4-2-5;2*1-2-4-6-5-3-1/h2-4,6-9,12H,5,10-11H2,1H3;2*2-9H,1H3;4-11H,1-2H2,3H3;1-2,4-5,13H,3,6-7H2;3-6H,2,7-8H2,1H3,(H,11,12,13);2,4-5,8H,3,6-7H2,1H3,(H,11,12,13);1-4H,(H,8,9);2*1-6H/b;;;8-5-,9-7+,11-6+,14-10?;;;;;;. The number of pyridine rings is 3. The summed E-state index contributed by atoms with van der Waals surface area (Å²) in [6, 6.07) is 84.8. The van der Waals surface area contributed by atoms with Crippen molar-refractivity contribution in [1.82, 2.24) is 24.8 Å². The number of allylic oxidation sites excluding steroid dienone is 5. The van der Waals surface area contributed by atoms with Crippen molar-refractivity contribution in [2.75, 3.05) is 51.0 Å². The predicted molar refractivity (Wildman–Crippen MR) is 524 cm³/mol. The predicted octanol–water partition coefficient (Wildman–Crippen LogP) is 19.3. The summed E-state index contributed by atoms with van der Waals surface area (Å²) in [5, 5.41) is 17.0. The fourth-order valence-corrected chi connectivity index (χ4v) is 11.9. The first-order valence-electron chi connectivity index (χ1n) is 42.4. The maximum atomic E-state index is 12.2. The molecular weight excluding hydrogens is 1770 g/mol. The van der Waals surface area contributed by atoms with Gasteiger partial charge in [0.1, 0.15) is 28.7 Å². The van der Waals surface area contributed by atoms with E-state index in [0.29, 0.717) is 82.4 Å². The topological polar surface area (TPSA) is 399 Å². The number of carboxylic acid groups (broad SMARTS) is 1. The molecular formula is C106H110N6O22S2. The number of fused-ring (bicyclic) bond motifs is 2. The highest BCUT2D eigenvalue weighted by Gasteiger charge is 2.36. The van der Waals surface area contributed by atoms with Crippen LogP contribution in [0, 0.1) is 34.6 Å². The number of nitrogens with zero attached hydrogens (tertiary/aromatic N) is 6. The van der Waals surface area contributed by atoms with Gasteiger partial charge in [0.05, 0.1) is 76.5 Å². The van der Waals surface area contributed by atoms with E-state index in [1.54, 1.807) is 128 Å². The molecule has 136 heavy (non-hydrogen) atoms. The number of imide groups is 2. The first-order chi connectivity index (χ1) is 65.3. The van der Waals surface area contributed by atoms with Crippen molar-refractivity contribution in [3.05, 3.63) is 445 Å². The second-order valence-electron chi connectivity index (χ2n) is 28.9. The molecule has 2 aliphatic heterocycles. The lowest BCUT2D eigenvalue weighted by Crippen LogP contribution is -2.31. The van der Waals surface area contributed by atoms with E-state index in [-0.39, 0.29) is 79.9 Å². The summed E-state index contributed by atoms with van der Waals surface area (Å²) < 4.78 is 89.9. The number of aromatic carboxylic acids is 1. The lowest BCUT2D eigenvalue weighted by atomic mass is 10.1. The largest absolute Gasteiger partial charge is 0.494 e. The minimum absolute atomic E-state index is 0.0204. The van der Waals surface area contributed by atoms with Crippen LogP contribution in [-0.4, -0.2) is 166 Å². The molecule has 5 heterocycles. The van der Waals surface area contributed by atoms with E-state index in [2.05, 4.69) is 33.1 Å². The fourth-order valence-electron chi connectivity index (χ4n) is 10.9. The molecule has 4 amide bonds. The Morgan fingerprint density at radius 3 is 1.15 bits per heavy atom. The number of hydrogen-bond acceptors (Lipinski definition) is 23. The van der Waals surface area contributed by atoms with Crippen LogP contribution in [0.25, 0.3) is 0 Å². The number of carbonyl (C=O) groups excluding carboxylic acids is 7. The fraction of sp³-hybridized carbons (Fsp3) is 0.170. The number of aromatic nitrogens is 3. The summed E-state index contributed by atoms with van der Waals surface area (Å²) in [4.78, 5) is 110. The van der Waals surface area contributed by atoms with Crippen LogP contribution in [0.4, 0.5) is 0 Å². The number of carboxylic acids is 1. The van der Waals surface area contributed by atoms with Gasteiger partial charge in [-0.25, -0.2) is 19.2 Å². The molecule has 30 heteroatoms. The zero-order valence-corrected chi connectivity index (χ0v) is 77.8. The van der Waals surface area contributed by atoms with Crippen LogP contribution in [0.15, 0.2) is 383 Å². The molecule has 14 rings (SSSR count). The Kier molecular flexibility index (Phi) is 51.5. The van der Waals surface area contributed by atoms with Gasteiger partial charge in [-0.05, 0) is 217 Å². The molecule has 0 radical (unpaired) electrons. The number of carbonyl (C=O) groups is 8. The van der Waals surface area contributed by atoms with Gasteiger partial charge in [0.2, 0.25) is 0 Å². The van der Waals surface area contributed by atoms with Crippen molar-refractivity contribution in [3.8, 4) is 28.7 Å². The van der Waals surface area contributed by atoms with E-state index in [4.69, 9.17) is 47.7 Å². The number of aliphatic imine (C=N–C) groups is 1. The second-order valence-corrected chi connectivity index (χ2v) is 32.0. The molecule has 0 unspecified atom stereocenters. The van der Waals surface area contributed by atoms with Gasteiger partial charge >= 0.3 is 23.9 Å². The van der Waals surface area contributed by atoms with Gasteiger partial charge in [-0.15, -0.1) is 0 Å². The monoisotopic (exact) mass is 1880 g/mol. The number of aryl methyl sites for hydroxylation is 5. The van der Waals surface area contributed by atoms with Gasteiger partial charge in [0, 0.05) is 75.4 Å². The van der Waals surface area contributed by atoms with E-state index < -0.39 is 44.1 Å². The summed E-state index contributed by atoms with van der Waals surface area (Å²) in [5.41, 5.74) is 9.53. The molecule has 0 atom stereocenters. The van der Waals surface area contributed by atoms with Crippen LogP contribution in [0.5, 0.6) is 28.7 Å². The van der Waals surface area contributed by atoms with Crippen LogP contribution in [0.3, 0.4) is 0 Å². The average Bonchev–Trinajstić information content (AvgIpc) is 1.64. The highest BCUT2D eigenvalue weighted by atomic mass is 32.2. The molecule has 0 fully saturated rings. The molecule has 0 aliphatic carbocycles. The Morgan fingerprint density at radius 2 is 0.787 bits per heavy atom. The summed E-state index contributed by atoms with van der Waals surface area (Å²) in [7, 11) is -7.73. The molecule has 0 bridgehead atoms. The molecule has 12 aromatic rings. The smallest absolute Gasteiger partial charge is 0.345 e. The first-order valence-corrected chi connectivity index (χ1v) is 45.6. The van der Waals surface area contributed by atoms with Gasteiger partial charge in [-0.2, -0.15) is 16.8 Å². The van der Waals surface area contributed by atoms with Crippen molar-refractivity contribution < 1.29 is 103 Å². The third-order valence-electron chi connectivity index (χ3n) is 17.5. The minimum atomic E-state index is -3.87. The summed E-state index contributed by atoms with van der Waals surface area (Å²) >= 11 is 0. The Labute approximate surface area is 793 Å². The van der Waals surface area contributed by atoms with Gasteiger partial charge in [0.15, 0.2) is 0 Å². The van der Waals surface area contributed by atoms with E-state index in [1.165, 1.54) is 77.5 Å². The van der Waals surface area contributed by atoms with Crippen molar-refractivity contribution in [2.24, 2.45) is 4.99 Å². The summed E-state index contributed by atoms with van der Waals surface area (Å²) in [5.74, 6) is -0.321. The molecule has 2 aliphatic rings. The molecule has 28 nitrogen and oxygen atoms in total. The van der Waals surface area contributed by atoms with Gasteiger partial charge < -0.3 is 38.6 Å². The number of aliphatic hydroxyl groups excluding tert-OH is 1. The van der Waals surface area contributed by atoms with Crippen LogP contribution in [-0.2, 0) is 29.8 Å². The normalized spacial score (nSPS) is 11.3. The third-order valence-corrected chi connectivity index (χ3v) is 19.1. The molecule has 0 spiro atoms. The van der Waals surface area contributed by atoms with Crippen molar-refractivity contribution in [2.45, 2.75) is 67.2 Å². The Balaban J connectivity index is 0.000000271. The average molecular weight is 1880 g/mol.